The van der Waals surface area contributed by atoms with E-state index in [0.29, 0.717) is 16.3 Å². The maximum atomic E-state index is 13.2. The third kappa shape index (κ3) is 3.06. The van der Waals surface area contributed by atoms with E-state index < -0.39 is 0 Å². The van der Waals surface area contributed by atoms with E-state index >= 15 is 0 Å². The van der Waals surface area contributed by atoms with Crippen LogP contribution >= 0.6 is 11.6 Å². The smallest absolute Gasteiger partial charge is 0.133 e. The maximum Gasteiger partial charge on any atom is 0.133 e. The molecule has 4 heteroatoms. The van der Waals surface area contributed by atoms with Gasteiger partial charge >= 0.3 is 0 Å². The number of hydrogen-bond acceptors (Lipinski definition) is 2. The topological polar surface area (TPSA) is 35.2 Å². The molecule has 2 N–H and O–H groups in total. The lowest BCUT2D eigenvalue weighted by Gasteiger charge is -2.14. The monoisotopic (exact) mass is 279 g/mol. The normalized spacial score (nSPS) is 10.6. The van der Waals surface area contributed by atoms with Crippen LogP contribution in [0.3, 0.4) is 0 Å². The first kappa shape index (κ1) is 13.8. The van der Waals surface area contributed by atoms with Gasteiger partial charge in [-0.15, -0.1) is 0 Å². The first-order valence-electron chi connectivity index (χ1n) is 5.94. The Hall–Kier alpha value is -1.58. The molecule has 0 heterocycles. The Morgan fingerprint density at radius 3 is 2.37 bits per heavy atom. The highest BCUT2D eigenvalue weighted by molar-refractivity contribution is 6.30. The molecule has 2 aromatic carbocycles. The van der Waals surface area contributed by atoms with Gasteiger partial charge in [0.15, 0.2) is 0 Å². The summed E-state index contributed by atoms with van der Waals surface area (Å²) in [5.41, 5.74) is 8.09. The third-order valence-electron chi connectivity index (χ3n) is 2.88. The van der Waals surface area contributed by atoms with E-state index in [9.17, 15) is 4.39 Å². The molecule has 0 atom stereocenters. The molecule has 0 aliphatic rings. The van der Waals surface area contributed by atoms with Gasteiger partial charge in [0, 0.05) is 17.1 Å². The predicted molar refractivity (Wildman–Crippen MR) is 75.3 cm³/mol. The van der Waals surface area contributed by atoms with Gasteiger partial charge in [0.25, 0.3) is 0 Å². The molecule has 0 saturated heterocycles. The van der Waals surface area contributed by atoms with Gasteiger partial charge in [-0.25, -0.2) is 4.39 Å². The lowest BCUT2D eigenvalue weighted by Crippen LogP contribution is -2.01. The fourth-order valence-electron chi connectivity index (χ4n) is 1.98. The first-order valence-corrected chi connectivity index (χ1v) is 6.32. The number of benzene rings is 2. The Balaban J connectivity index is 2.42. The highest BCUT2D eigenvalue weighted by Gasteiger charge is 2.10. The van der Waals surface area contributed by atoms with E-state index in [4.69, 9.17) is 22.1 Å². The van der Waals surface area contributed by atoms with Crippen molar-refractivity contribution in [2.45, 2.75) is 20.4 Å². The molecule has 100 valence electrons. The molecule has 19 heavy (non-hydrogen) atoms. The zero-order chi connectivity index (χ0) is 14.0. The lowest BCUT2D eigenvalue weighted by atomic mass is 10.1. The Labute approximate surface area is 117 Å². The van der Waals surface area contributed by atoms with E-state index in [0.717, 1.165) is 16.9 Å². The molecular weight excluding hydrogens is 265 g/mol. The summed E-state index contributed by atoms with van der Waals surface area (Å²) in [5, 5.41) is 0.667. The molecule has 2 aromatic rings. The average molecular weight is 280 g/mol. The van der Waals surface area contributed by atoms with Crippen LogP contribution in [0.2, 0.25) is 5.02 Å². The number of ether oxygens (including phenoxy) is 1. The Bertz CT molecular complexity index is 590. The number of aryl methyl sites for hydroxylation is 2. The minimum atomic E-state index is -0.322. The summed E-state index contributed by atoms with van der Waals surface area (Å²) in [6, 6.07) is 7.99. The number of hydrogen-bond donors (Lipinski definition) is 1. The molecule has 0 aliphatic carbocycles. The highest BCUT2D eigenvalue weighted by Crippen LogP contribution is 2.33. The molecule has 0 unspecified atom stereocenters. The van der Waals surface area contributed by atoms with E-state index in [1.807, 2.05) is 26.0 Å². The van der Waals surface area contributed by atoms with Crippen molar-refractivity contribution in [3.63, 3.8) is 0 Å². The summed E-state index contributed by atoms with van der Waals surface area (Å²) in [5.74, 6) is 0.973. The molecule has 0 aliphatic heterocycles. The van der Waals surface area contributed by atoms with Crippen LogP contribution < -0.4 is 10.5 Å². The van der Waals surface area contributed by atoms with Crippen molar-refractivity contribution in [3.05, 3.63) is 57.9 Å². The maximum absolute atomic E-state index is 13.2. The average Bonchev–Trinajstić information content (AvgIpc) is 2.35. The number of nitrogens with two attached hydrogens (primary N) is 1. The number of rotatable bonds is 3. The van der Waals surface area contributed by atoms with E-state index in [2.05, 4.69) is 0 Å². The van der Waals surface area contributed by atoms with Crippen LogP contribution in [0.4, 0.5) is 4.39 Å². The second kappa shape index (κ2) is 5.59. The van der Waals surface area contributed by atoms with Crippen LogP contribution in [0.15, 0.2) is 30.3 Å². The summed E-state index contributed by atoms with van der Waals surface area (Å²) in [7, 11) is 0. The molecule has 0 saturated carbocycles. The zero-order valence-electron chi connectivity index (χ0n) is 10.8. The number of halogens is 2. The van der Waals surface area contributed by atoms with Crippen LogP contribution in [0.25, 0.3) is 0 Å². The molecule has 0 bridgehead atoms. The van der Waals surface area contributed by atoms with Gasteiger partial charge in [0.05, 0.1) is 0 Å². The van der Waals surface area contributed by atoms with Crippen molar-refractivity contribution < 1.29 is 9.13 Å². The molecule has 0 fully saturated rings. The van der Waals surface area contributed by atoms with Gasteiger partial charge in [-0.3, -0.25) is 0 Å². The van der Waals surface area contributed by atoms with Crippen molar-refractivity contribution in [2.75, 3.05) is 0 Å². The minimum Gasteiger partial charge on any atom is -0.456 e. The lowest BCUT2D eigenvalue weighted by molar-refractivity contribution is 0.467. The van der Waals surface area contributed by atoms with Crippen molar-refractivity contribution in [1.29, 1.82) is 0 Å². The quantitative estimate of drug-likeness (QED) is 0.907. The van der Waals surface area contributed by atoms with Gasteiger partial charge in [0.1, 0.15) is 17.3 Å². The van der Waals surface area contributed by atoms with Gasteiger partial charge in [-0.05, 0) is 55.3 Å². The molecule has 0 amide bonds. The largest absolute Gasteiger partial charge is 0.456 e. The van der Waals surface area contributed by atoms with Crippen LogP contribution in [0.1, 0.15) is 16.7 Å². The summed E-state index contributed by atoms with van der Waals surface area (Å²) in [6.45, 7) is 4.05. The summed E-state index contributed by atoms with van der Waals surface area (Å²) >= 11 is 5.98. The summed E-state index contributed by atoms with van der Waals surface area (Å²) in [6.07, 6.45) is 0. The molecule has 2 rings (SSSR count). The first-order chi connectivity index (χ1) is 9.01. The minimum absolute atomic E-state index is 0.221. The Morgan fingerprint density at radius 2 is 1.79 bits per heavy atom. The van der Waals surface area contributed by atoms with E-state index in [-0.39, 0.29) is 12.4 Å². The van der Waals surface area contributed by atoms with E-state index in [1.165, 1.54) is 12.1 Å². The van der Waals surface area contributed by atoms with Gasteiger partial charge in [-0.2, -0.15) is 0 Å². The fraction of sp³-hybridized carbons (Fsp3) is 0.200. The third-order valence-corrected chi connectivity index (χ3v) is 3.10. The highest BCUT2D eigenvalue weighted by atomic mass is 35.5. The van der Waals surface area contributed by atoms with Gasteiger partial charge < -0.3 is 10.5 Å². The van der Waals surface area contributed by atoms with Crippen LogP contribution in [0, 0.1) is 19.7 Å². The van der Waals surface area contributed by atoms with Crippen LogP contribution in [-0.2, 0) is 6.54 Å². The van der Waals surface area contributed by atoms with Crippen LogP contribution in [0.5, 0.6) is 11.5 Å². The zero-order valence-corrected chi connectivity index (χ0v) is 11.6. The molecule has 2 nitrogen and oxygen atoms in total. The van der Waals surface area contributed by atoms with Crippen molar-refractivity contribution in [2.24, 2.45) is 5.73 Å². The second-order valence-corrected chi connectivity index (χ2v) is 4.86. The molecule has 0 radical (unpaired) electrons. The Kier molecular flexibility index (Phi) is 4.08. The fourth-order valence-corrected chi connectivity index (χ4v) is 2.30. The van der Waals surface area contributed by atoms with Crippen LogP contribution in [-0.4, -0.2) is 0 Å². The standard InChI is InChI=1S/C15H15ClFNO/c1-9-5-12(16)6-10(2)15(9)19-14-4-3-13(17)7-11(14)8-18/h3-7H,8,18H2,1-2H3. The van der Waals surface area contributed by atoms with Gasteiger partial charge in [-0.1, -0.05) is 11.6 Å². The Morgan fingerprint density at radius 1 is 1.16 bits per heavy atom. The van der Waals surface area contributed by atoms with Crippen molar-refractivity contribution >= 4 is 11.6 Å². The van der Waals surface area contributed by atoms with Crippen molar-refractivity contribution in [1.82, 2.24) is 0 Å². The summed E-state index contributed by atoms with van der Waals surface area (Å²) < 4.78 is 19.0. The predicted octanol–water partition coefficient (Wildman–Crippen LogP) is 4.35. The van der Waals surface area contributed by atoms with Crippen molar-refractivity contribution in [3.8, 4) is 11.5 Å². The molecule has 0 spiro atoms. The SMILES string of the molecule is Cc1cc(Cl)cc(C)c1Oc1ccc(F)cc1CN. The second-order valence-electron chi connectivity index (χ2n) is 4.43. The van der Waals surface area contributed by atoms with Gasteiger partial charge in [0.2, 0.25) is 0 Å². The molecular formula is C15H15ClFNO. The molecule has 0 aromatic heterocycles. The summed E-state index contributed by atoms with van der Waals surface area (Å²) in [4.78, 5) is 0. The van der Waals surface area contributed by atoms with E-state index in [1.54, 1.807) is 6.07 Å².